The van der Waals surface area contributed by atoms with Gasteiger partial charge in [-0.25, -0.2) is 0 Å². The van der Waals surface area contributed by atoms with Gasteiger partial charge in [0.25, 0.3) is 0 Å². The highest BCUT2D eigenvalue weighted by atomic mass is 14.4. The van der Waals surface area contributed by atoms with Gasteiger partial charge in [0, 0.05) is 11.3 Å². The van der Waals surface area contributed by atoms with Gasteiger partial charge < -0.3 is 0 Å². The summed E-state index contributed by atoms with van der Waals surface area (Å²) in [5, 5.41) is 0. The highest BCUT2D eigenvalue weighted by molar-refractivity contribution is 5.52. The van der Waals surface area contributed by atoms with Crippen LogP contribution in [-0.2, 0) is 0 Å². The van der Waals surface area contributed by atoms with E-state index in [0.717, 1.165) is 0 Å². The largest absolute Gasteiger partial charge is 0.0764 e. The SMILES string of the molecule is CC1=C(C)C(C)(C2C=CC=C2)C(C)=C1C. The number of hydrogen-bond donors (Lipinski definition) is 0. The molecule has 0 aromatic rings. The Morgan fingerprint density at radius 2 is 1.27 bits per heavy atom. The molecule has 0 aromatic carbocycles. The fourth-order valence-electron chi connectivity index (χ4n) is 2.94. The predicted molar refractivity (Wildman–Crippen MR) is 66.6 cm³/mol. The van der Waals surface area contributed by atoms with Crippen LogP contribution >= 0.6 is 0 Å². The van der Waals surface area contributed by atoms with Crippen LogP contribution in [0.2, 0.25) is 0 Å². The van der Waals surface area contributed by atoms with Crippen LogP contribution in [0.15, 0.2) is 46.6 Å². The van der Waals surface area contributed by atoms with E-state index in [1.54, 1.807) is 11.1 Å². The van der Waals surface area contributed by atoms with Gasteiger partial charge in [0.15, 0.2) is 0 Å². The molecular weight excluding hydrogens is 180 g/mol. The molecule has 0 radical (unpaired) electrons. The third kappa shape index (κ3) is 1.20. The molecule has 0 amide bonds. The Balaban J connectivity index is 2.54. The zero-order chi connectivity index (χ0) is 11.2. The molecule has 0 heterocycles. The minimum Gasteiger partial charge on any atom is -0.0764 e. The fourth-order valence-corrected chi connectivity index (χ4v) is 2.94. The van der Waals surface area contributed by atoms with Crippen LogP contribution in [0.25, 0.3) is 0 Å². The lowest BCUT2D eigenvalue weighted by Gasteiger charge is -2.33. The van der Waals surface area contributed by atoms with Crippen LogP contribution < -0.4 is 0 Å². The van der Waals surface area contributed by atoms with Crippen LogP contribution in [0.1, 0.15) is 34.6 Å². The lowest BCUT2D eigenvalue weighted by Crippen LogP contribution is -2.25. The predicted octanol–water partition coefficient (Wildman–Crippen LogP) is 4.42. The van der Waals surface area contributed by atoms with Gasteiger partial charge in [-0.05, 0) is 38.8 Å². The Kier molecular flexibility index (Phi) is 2.26. The van der Waals surface area contributed by atoms with E-state index >= 15 is 0 Å². The van der Waals surface area contributed by atoms with Gasteiger partial charge in [0.05, 0.1) is 0 Å². The molecule has 0 saturated heterocycles. The van der Waals surface area contributed by atoms with Gasteiger partial charge in [-0.15, -0.1) is 0 Å². The fraction of sp³-hybridized carbons (Fsp3) is 0.467. The van der Waals surface area contributed by atoms with Crippen LogP contribution in [-0.4, -0.2) is 0 Å². The van der Waals surface area contributed by atoms with Crippen molar-refractivity contribution in [3.8, 4) is 0 Å². The van der Waals surface area contributed by atoms with Crippen molar-refractivity contribution in [3.63, 3.8) is 0 Å². The first-order chi connectivity index (χ1) is 6.99. The third-order valence-corrected chi connectivity index (χ3v) is 4.66. The van der Waals surface area contributed by atoms with Crippen molar-refractivity contribution in [2.75, 3.05) is 0 Å². The summed E-state index contributed by atoms with van der Waals surface area (Å²) in [6.45, 7) is 11.5. The molecule has 0 bridgehead atoms. The quantitative estimate of drug-likeness (QED) is 0.587. The molecule has 80 valence electrons. The lowest BCUT2D eigenvalue weighted by molar-refractivity contribution is 0.412. The van der Waals surface area contributed by atoms with E-state index in [1.165, 1.54) is 11.1 Å². The van der Waals surface area contributed by atoms with E-state index in [4.69, 9.17) is 0 Å². The second-order valence-electron chi connectivity index (χ2n) is 5.00. The maximum atomic E-state index is 2.38. The average Bonchev–Trinajstić information content (AvgIpc) is 2.81. The van der Waals surface area contributed by atoms with E-state index in [1.807, 2.05) is 0 Å². The van der Waals surface area contributed by atoms with Gasteiger partial charge in [0.2, 0.25) is 0 Å². The number of allylic oxidation sites excluding steroid dienone is 8. The summed E-state index contributed by atoms with van der Waals surface area (Å²) in [6, 6.07) is 0. The van der Waals surface area contributed by atoms with Crippen molar-refractivity contribution >= 4 is 0 Å². The minimum atomic E-state index is 0.220. The summed E-state index contributed by atoms with van der Waals surface area (Å²) in [6.07, 6.45) is 8.97. The van der Waals surface area contributed by atoms with Crippen molar-refractivity contribution in [2.45, 2.75) is 34.6 Å². The average molecular weight is 200 g/mol. The van der Waals surface area contributed by atoms with Crippen LogP contribution in [0.4, 0.5) is 0 Å². The zero-order valence-corrected chi connectivity index (χ0v) is 10.4. The van der Waals surface area contributed by atoms with E-state index in [9.17, 15) is 0 Å². The zero-order valence-electron chi connectivity index (χ0n) is 10.4. The Morgan fingerprint density at radius 1 is 0.867 bits per heavy atom. The van der Waals surface area contributed by atoms with Crippen molar-refractivity contribution in [1.82, 2.24) is 0 Å². The molecule has 0 aromatic heterocycles. The molecule has 0 spiro atoms. The first kappa shape index (κ1) is 10.5. The summed E-state index contributed by atoms with van der Waals surface area (Å²) >= 11 is 0. The van der Waals surface area contributed by atoms with E-state index < -0.39 is 0 Å². The Hall–Kier alpha value is -1.04. The smallest absolute Gasteiger partial charge is 0.0196 e. The molecule has 2 aliphatic rings. The van der Waals surface area contributed by atoms with E-state index in [0.29, 0.717) is 5.92 Å². The second kappa shape index (κ2) is 3.23. The first-order valence-corrected chi connectivity index (χ1v) is 5.71. The summed E-state index contributed by atoms with van der Waals surface area (Å²) in [5.74, 6) is 0.546. The van der Waals surface area contributed by atoms with Gasteiger partial charge in [0.1, 0.15) is 0 Å². The molecule has 0 atom stereocenters. The monoisotopic (exact) mass is 200 g/mol. The second-order valence-corrected chi connectivity index (χ2v) is 5.00. The molecular formula is C15H20. The molecule has 0 fully saturated rings. The minimum absolute atomic E-state index is 0.220. The molecule has 2 rings (SSSR count). The summed E-state index contributed by atoms with van der Waals surface area (Å²) in [4.78, 5) is 0. The van der Waals surface area contributed by atoms with Crippen molar-refractivity contribution < 1.29 is 0 Å². The molecule has 2 aliphatic carbocycles. The number of hydrogen-bond acceptors (Lipinski definition) is 0. The van der Waals surface area contributed by atoms with Gasteiger partial charge in [-0.1, -0.05) is 42.4 Å². The maximum absolute atomic E-state index is 2.38. The van der Waals surface area contributed by atoms with Crippen LogP contribution in [0.3, 0.4) is 0 Å². The molecule has 0 N–H and O–H groups in total. The Morgan fingerprint density at radius 3 is 1.67 bits per heavy atom. The molecule has 0 nitrogen and oxygen atoms in total. The molecule has 0 unspecified atom stereocenters. The van der Waals surface area contributed by atoms with E-state index in [-0.39, 0.29) is 5.41 Å². The van der Waals surface area contributed by atoms with Gasteiger partial charge >= 0.3 is 0 Å². The van der Waals surface area contributed by atoms with Gasteiger partial charge in [-0.2, -0.15) is 0 Å². The molecule has 15 heavy (non-hydrogen) atoms. The summed E-state index contributed by atoms with van der Waals surface area (Å²) < 4.78 is 0. The van der Waals surface area contributed by atoms with Crippen molar-refractivity contribution in [3.05, 3.63) is 46.6 Å². The maximum Gasteiger partial charge on any atom is 0.0196 e. The van der Waals surface area contributed by atoms with Crippen molar-refractivity contribution in [2.24, 2.45) is 11.3 Å². The third-order valence-electron chi connectivity index (χ3n) is 4.66. The number of rotatable bonds is 1. The molecule has 0 heteroatoms. The lowest BCUT2D eigenvalue weighted by atomic mass is 9.70. The summed E-state index contributed by atoms with van der Waals surface area (Å²) in [7, 11) is 0. The highest BCUT2D eigenvalue weighted by Crippen LogP contribution is 2.52. The Labute approximate surface area is 93.1 Å². The normalized spacial score (nSPS) is 24.9. The first-order valence-electron chi connectivity index (χ1n) is 5.71. The Bertz CT molecular complexity index is 377. The highest BCUT2D eigenvalue weighted by Gasteiger charge is 2.40. The molecule has 0 saturated carbocycles. The van der Waals surface area contributed by atoms with Crippen LogP contribution in [0, 0.1) is 11.3 Å². The van der Waals surface area contributed by atoms with E-state index in [2.05, 4.69) is 58.9 Å². The standard InChI is InChI=1S/C15H20/c1-10-11(2)13(4)15(5,12(10)3)14-8-6-7-9-14/h6-9,14H,1-5H3. The molecule has 0 aliphatic heterocycles. The summed E-state index contributed by atoms with van der Waals surface area (Å²) in [5.41, 5.74) is 6.28. The van der Waals surface area contributed by atoms with Crippen LogP contribution in [0.5, 0.6) is 0 Å². The topological polar surface area (TPSA) is 0 Å². The van der Waals surface area contributed by atoms with Gasteiger partial charge in [-0.3, -0.25) is 0 Å². The van der Waals surface area contributed by atoms with Crippen molar-refractivity contribution in [1.29, 1.82) is 0 Å².